The fraction of sp³-hybridized carbons (Fsp3) is 0.263. The van der Waals surface area contributed by atoms with E-state index in [1.165, 1.54) is 23.9 Å². The Morgan fingerprint density at radius 2 is 1.64 bits per heavy atom. The number of nitrogens with one attached hydrogen (secondary N) is 1. The van der Waals surface area contributed by atoms with Crippen molar-refractivity contribution in [3.63, 3.8) is 0 Å². The number of carbonyl (C=O) groups is 2. The van der Waals surface area contributed by atoms with E-state index in [4.69, 9.17) is 10.2 Å². The molecular formula is C19H22N2O5S2. The summed E-state index contributed by atoms with van der Waals surface area (Å²) in [6, 6.07) is 12.8. The molecule has 1 amide bonds. The van der Waals surface area contributed by atoms with Crippen molar-refractivity contribution in [2.75, 3.05) is 6.54 Å². The maximum atomic E-state index is 12.2. The number of sulfonamides is 1. The molecule has 1 atom stereocenters. The Morgan fingerprint density at radius 3 is 2.18 bits per heavy atom. The summed E-state index contributed by atoms with van der Waals surface area (Å²) in [5.74, 6) is -0.455. The summed E-state index contributed by atoms with van der Waals surface area (Å²) in [5.41, 5.74) is 2.08. The van der Waals surface area contributed by atoms with E-state index in [9.17, 15) is 18.0 Å². The molecule has 150 valence electrons. The highest BCUT2D eigenvalue weighted by atomic mass is 32.2. The van der Waals surface area contributed by atoms with Crippen LogP contribution in [0.15, 0.2) is 53.4 Å². The van der Waals surface area contributed by atoms with Crippen molar-refractivity contribution in [1.29, 1.82) is 0 Å². The van der Waals surface area contributed by atoms with Crippen molar-refractivity contribution < 1.29 is 23.1 Å². The van der Waals surface area contributed by atoms with Crippen LogP contribution in [-0.4, -0.2) is 37.2 Å². The molecule has 2 rings (SSSR count). The van der Waals surface area contributed by atoms with Gasteiger partial charge >= 0.3 is 5.97 Å². The number of carboxylic acid groups (broad SMARTS) is 1. The van der Waals surface area contributed by atoms with Crippen LogP contribution in [0.4, 0.5) is 0 Å². The van der Waals surface area contributed by atoms with Gasteiger partial charge in [0.2, 0.25) is 15.9 Å². The molecule has 0 radical (unpaired) electrons. The number of primary sulfonamides is 1. The lowest BCUT2D eigenvalue weighted by atomic mass is 10.1. The van der Waals surface area contributed by atoms with Gasteiger partial charge in [0, 0.05) is 12.3 Å². The molecule has 0 spiro atoms. The zero-order valence-corrected chi connectivity index (χ0v) is 16.9. The predicted molar refractivity (Wildman–Crippen MR) is 109 cm³/mol. The molecule has 4 N–H and O–H groups in total. The fourth-order valence-corrected chi connectivity index (χ4v) is 3.75. The summed E-state index contributed by atoms with van der Waals surface area (Å²) >= 11 is 1.46. The van der Waals surface area contributed by atoms with Crippen molar-refractivity contribution in [3.05, 3.63) is 65.2 Å². The van der Waals surface area contributed by atoms with Crippen LogP contribution in [-0.2, 0) is 27.0 Å². The number of rotatable bonds is 9. The van der Waals surface area contributed by atoms with Gasteiger partial charge in [-0.05, 0) is 48.7 Å². The molecule has 0 saturated carbocycles. The second kappa shape index (κ2) is 9.72. The van der Waals surface area contributed by atoms with Crippen LogP contribution in [0.3, 0.4) is 0 Å². The minimum absolute atomic E-state index is 0.0571. The third-order valence-electron chi connectivity index (χ3n) is 4.03. The number of aromatic carboxylic acids is 1. The second-order valence-electron chi connectivity index (χ2n) is 6.19. The quantitative estimate of drug-likeness (QED) is 0.567. The Labute approximate surface area is 168 Å². The first-order valence-electron chi connectivity index (χ1n) is 8.50. The number of benzene rings is 2. The van der Waals surface area contributed by atoms with Gasteiger partial charge in [0.15, 0.2) is 0 Å². The smallest absolute Gasteiger partial charge is 0.335 e. The van der Waals surface area contributed by atoms with E-state index in [0.29, 0.717) is 18.7 Å². The van der Waals surface area contributed by atoms with Crippen LogP contribution in [0.2, 0.25) is 0 Å². The second-order valence-corrected chi connectivity index (χ2v) is 9.08. The van der Waals surface area contributed by atoms with E-state index < -0.39 is 16.0 Å². The molecule has 0 aliphatic heterocycles. The maximum Gasteiger partial charge on any atom is 0.335 e. The average molecular weight is 423 g/mol. The lowest BCUT2D eigenvalue weighted by Gasteiger charge is -2.12. The lowest BCUT2D eigenvalue weighted by molar-refractivity contribution is -0.120. The first-order chi connectivity index (χ1) is 13.2. The van der Waals surface area contributed by atoms with Gasteiger partial charge in [-0.1, -0.05) is 24.3 Å². The van der Waals surface area contributed by atoms with Crippen molar-refractivity contribution >= 4 is 33.7 Å². The largest absolute Gasteiger partial charge is 0.478 e. The zero-order valence-electron chi connectivity index (χ0n) is 15.3. The van der Waals surface area contributed by atoms with Crippen LogP contribution in [0, 0.1) is 0 Å². The van der Waals surface area contributed by atoms with Crippen LogP contribution in [0.5, 0.6) is 0 Å². The molecule has 0 heterocycles. The molecule has 9 heteroatoms. The highest BCUT2D eigenvalue weighted by molar-refractivity contribution is 7.99. The number of nitrogens with two attached hydrogens (primary N) is 1. The van der Waals surface area contributed by atoms with Crippen LogP contribution in [0.25, 0.3) is 0 Å². The highest BCUT2D eigenvalue weighted by Gasteiger charge is 2.13. The lowest BCUT2D eigenvalue weighted by Crippen LogP contribution is -2.32. The first-order valence-corrected chi connectivity index (χ1v) is 11.1. The van der Waals surface area contributed by atoms with Gasteiger partial charge in [0.1, 0.15) is 0 Å². The molecular weight excluding hydrogens is 400 g/mol. The van der Waals surface area contributed by atoms with Gasteiger partial charge in [-0.3, -0.25) is 4.79 Å². The van der Waals surface area contributed by atoms with E-state index >= 15 is 0 Å². The highest BCUT2D eigenvalue weighted by Crippen LogP contribution is 2.18. The number of hydrogen-bond donors (Lipinski definition) is 3. The predicted octanol–water partition coefficient (Wildman–Crippen LogP) is 2.01. The Balaban J connectivity index is 1.75. The molecule has 0 unspecified atom stereocenters. The monoisotopic (exact) mass is 422 g/mol. The van der Waals surface area contributed by atoms with E-state index in [-0.39, 0.29) is 21.6 Å². The number of carboxylic acids is 1. The number of thioether (sulfide) groups is 1. The molecule has 2 aromatic rings. The van der Waals surface area contributed by atoms with E-state index in [1.807, 2.05) is 6.92 Å². The van der Waals surface area contributed by atoms with E-state index in [0.717, 1.165) is 11.1 Å². The SMILES string of the molecule is C[C@@H](SCc1ccc(C(=O)O)cc1)C(=O)NCCc1ccc(S(N)(=O)=O)cc1. The third kappa shape index (κ3) is 6.66. The standard InChI is InChI=1S/C19H22N2O5S2/c1-13(27-12-15-2-6-16(7-3-15)19(23)24)18(22)21-11-10-14-4-8-17(9-5-14)28(20,25)26/h2-9,13H,10-12H2,1H3,(H,21,22)(H,23,24)(H2,20,25,26)/t13-/m1/s1. The minimum atomic E-state index is -3.70. The van der Waals surface area contributed by atoms with Gasteiger partial charge < -0.3 is 10.4 Å². The maximum absolute atomic E-state index is 12.2. The van der Waals surface area contributed by atoms with Crippen molar-refractivity contribution in [2.45, 2.75) is 29.2 Å². The number of hydrogen-bond acceptors (Lipinski definition) is 5. The summed E-state index contributed by atoms with van der Waals surface area (Å²) in [6.45, 7) is 2.25. The normalized spacial score (nSPS) is 12.4. The topological polar surface area (TPSA) is 127 Å². The first kappa shape index (κ1) is 21.9. The summed E-state index contributed by atoms with van der Waals surface area (Å²) in [5, 5.41) is 16.5. The molecule has 0 fully saturated rings. The minimum Gasteiger partial charge on any atom is -0.478 e. The van der Waals surface area contributed by atoms with Crippen molar-refractivity contribution in [3.8, 4) is 0 Å². The van der Waals surface area contributed by atoms with Crippen LogP contribution in [0.1, 0.15) is 28.4 Å². The van der Waals surface area contributed by atoms with Crippen LogP contribution >= 0.6 is 11.8 Å². The molecule has 0 aromatic heterocycles. The Morgan fingerprint density at radius 1 is 1.07 bits per heavy atom. The summed E-state index contributed by atoms with van der Waals surface area (Å²) < 4.78 is 22.5. The summed E-state index contributed by atoms with van der Waals surface area (Å²) in [7, 11) is -3.70. The molecule has 0 aliphatic rings. The Bertz CT molecular complexity index is 926. The third-order valence-corrected chi connectivity index (χ3v) is 6.18. The molecule has 0 bridgehead atoms. The van der Waals surface area contributed by atoms with Gasteiger partial charge in [-0.2, -0.15) is 0 Å². The number of amides is 1. The van der Waals surface area contributed by atoms with Crippen molar-refractivity contribution in [1.82, 2.24) is 5.32 Å². The summed E-state index contributed by atoms with van der Waals surface area (Å²) in [6.07, 6.45) is 0.574. The number of carbonyl (C=O) groups excluding carboxylic acids is 1. The Kier molecular flexibility index (Phi) is 7.61. The van der Waals surface area contributed by atoms with Gasteiger partial charge in [0.05, 0.1) is 15.7 Å². The van der Waals surface area contributed by atoms with Crippen LogP contribution < -0.4 is 10.5 Å². The summed E-state index contributed by atoms with van der Waals surface area (Å²) in [4.78, 5) is 23.1. The molecule has 0 aliphatic carbocycles. The Hall–Kier alpha value is -2.36. The molecule has 2 aromatic carbocycles. The van der Waals surface area contributed by atoms with E-state index in [1.54, 1.807) is 36.4 Å². The van der Waals surface area contributed by atoms with Crippen molar-refractivity contribution in [2.24, 2.45) is 5.14 Å². The van der Waals surface area contributed by atoms with E-state index in [2.05, 4.69) is 5.32 Å². The molecule has 7 nitrogen and oxygen atoms in total. The van der Waals surface area contributed by atoms with Gasteiger partial charge in [-0.15, -0.1) is 11.8 Å². The average Bonchev–Trinajstić information content (AvgIpc) is 2.66. The van der Waals surface area contributed by atoms with Gasteiger partial charge in [0.25, 0.3) is 0 Å². The fourth-order valence-electron chi connectivity index (χ4n) is 2.36. The zero-order chi connectivity index (χ0) is 20.7. The molecule has 0 saturated heterocycles. The van der Waals surface area contributed by atoms with Gasteiger partial charge in [-0.25, -0.2) is 18.4 Å². The molecule has 28 heavy (non-hydrogen) atoms.